The molecule has 1 aliphatic rings. The van der Waals surface area contributed by atoms with Crippen molar-refractivity contribution in [1.29, 1.82) is 0 Å². The molecule has 0 radical (unpaired) electrons. The highest BCUT2D eigenvalue weighted by molar-refractivity contribution is 7.99. The molecule has 1 atom stereocenters. The lowest BCUT2D eigenvalue weighted by atomic mass is 10.0. The predicted octanol–water partition coefficient (Wildman–Crippen LogP) is 2.17. The normalized spacial score (nSPS) is 17.2. The van der Waals surface area contributed by atoms with Gasteiger partial charge in [-0.3, -0.25) is 9.59 Å². The Labute approximate surface area is 173 Å². The Kier molecular flexibility index (Phi) is 7.24. The zero-order chi connectivity index (χ0) is 21.8. The van der Waals surface area contributed by atoms with Gasteiger partial charge in [0, 0.05) is 12.6 Å². The van der Waals surface area contributed by atoms with E-state index in [4.69, 9.17) is 5.73 Å². The molecule has 0 fully saturated rings. The zero-order valence-corrected chi connectivity index (χ0v) is 18.4. The Morgan fingerprint density at radius 2 is 1.79 bits per heavy atom. The van der Waals surface area contributed by atoms with Gasteiger partial charge in [-0.05, 0) is 44.7 Å². The second-order valence-corrected chi connectivity index (χ2v) is 10.0. The summed E-state index contributed by atoms with van der Waals surface area (Å²) in [4.78, 5) is 24.3. The molecule has 1 aromatic rings. The maximum atomic E-state index is 12.8. The molecule has 160 valence electrons. The highest BCUT2D eigenvalue weighted by Gasteiger charge is 2.44. The number of hydrogen-bond donors (Lipinski definition) is 2. The molecule has 1 aromatic carbocycles. The molecule has 3 N–H and O–H groups in total. The highest BCUT2D eigenvalue weighted by Crippen LogP contribution is 2.35. The first kappa shape index (κ1) is 23.1. The molecular weight excluding hydrogens is 390 g/mol. The van der Waals surface area contributed by atoms with Crippen LogP contribution in [0.4, 0.5) is 0 Å². The molecule has 1 heterocycles. The van der Waals surface area contributed by atoms with E-state index >= 15 is 0 Å². The first-order valence-electron chi connectivity index (χ1n) is 9.92. The van der Waals surface area contributed by atoms with Gasteiger partial charge in [-0.15, -0.1) is 0 Å². The van der Waals surface area contributed by atoms with Gasteiger partial charge in [0.25, 0.3) is 15.9 Å². The summed E-state index contributed by atoms with van der Waals surface area (Å²) in [5.41, 5.74) is 6.39. The molecule has 0 saturated carbocycles. The van der Waals surface area contributed by atoms with Gasteiger partial charge >= 0.3 is 0 Å². The Hall–Kier alpha value is -2.19. The number of rotatable bonds is 8. The number of benzene rings is 1. The third-order valence-corrected chi connectivity index (χ3v) is 6.81. The standard InChI is InChI=1S/C21H31N3O4S/c1-5-6-7-12-23-20(26)17(22)13-15-8-10-16(11-9-15)18-14-19(25)24(21(2,3)4)29(18,27)28/h8-11,14,17H,5-7,12-13,22H2,1-4H3,(H,23,26)/t17-/m0/s1. The molecule has 0 bridgehead atoms. The van der Waals surface area contributed by atoms with Crippen molar-refractivity contribution in [3.63, 3.8) is 0 Å². The van der Waals surface area contributed by atoms with Crippen LogP contribution in [0.3, 0.4) is 0 Å². The maximum absolute atomic E-state index is 12.8. The van der Waals surface area contributed by atoms with Crippen molar-refractivity contribution in [3.05, 3.63) is 41.5 Å². The molecule has 0 spiro atoms. The fraction of sp³-hybridized carbons (Fsp3) is 0.524. The van der Waals surface area contributed by atoms with Crippen LogP contribution in [-0.2, 0) is 26.0 Å². The summed E-state index contributed by atoms with van der Waals surface area (Å²) in [6.07, 6.45) is 4.58. The zero-order valence-electron chi connectivity index (χ0n) is 17.6. The Morgan fingerprint density at radius 3 is 2.31 bits per heavy atom. The smallest absolute Gasteiger partial charge is 0.268 e. The second-order valence-electron chi connectivity index (χ2n) is 8.29. The Morgan fingerprint density at radius 1 is 1.17 bits per heavy atom. The van der Waals surface area contributed by atoms with E-state index in [1.54, 1.807) is 45.0 Å². The van der Waals surface area contributed by atoms with Crippen LogP contribution in [-0.4, -0.2) is 42.7 Å². The topological polar surface area (TPSA) is 110 Å². The average Bonchev–Trinajstić information content (AvgIpc) is 2.87. The molecule has 7 nitrogen and oxygen atoms in total. The SMILES string of the molecule is CCCCCNC(=O)[C@@H](N)Cc1ccc(C2=CC(=O)N(C(C)(C)C)S2(=O)=O)cc1. The summed E-state index contributed by atoms with van der Waals surface area (Å²) in [6.45, 7) is 7.75. The van der Waals surface area contributed by atoms with Crippen molar-refractivity contribution in [2.24, 2.45) is 5.73 Å². The van der Waals surface area contributed by atoms with E-state index in [1.807, 2.05) is 0 Å². The minimum atomic E-state index is -3.90. The number of sulfonamides is 1. The summed E-state index contributed by atoms with van der Waals surface area (Å²) < 4.78 is 26.5. The second kappa shape index (κ2) is 9.09. The average molecular weight is 422 g/mol. The van der Waals surface area contributed by atoms with Gasteiger partial charge in [-0.25, -0.2) is 12.7 Å². The monoisotopic (exact) mass is 421 g/mol. The van der Waals surface area contributed by atoms with E-state index < -0.39 is 27.5 Å². The fourth-order valence-electron chi connectivity index (χ4n) is 3.25. The van der Waals surface area contributed by atoms with Crippen LogP contribution in [0.2, 0.25) is 0 Å². The number of unbranched alkanes of at least 4 members (excludes halogenated alkanes) is 2. The minimum Gasteiger partial charge on any atom is -0.355 e. The lowest BCUT2D eigenvalue weighted by Gasteiger charge is -2.30. The van der Waals surface area contributed by atoms with E-state index in [0.29, 0.717) is 18.5 Å². The van der Waals surface area contributed by atoms with Crippen LogP contribution >= 0.6 is 0 Å². The van der Waals surface area contributed by atoms with Crippen LogP contribution < -0.4 is 11.1 Å². The van der Waals surface area contributed by atoms with Crippen LogP contribution in [0.1, 0.15) is 58.1 Å². The molecule has 29 heavy (non-hydrogen) atoms. The third kappa shape index (κ3) is 5.45. The highest BCUT2D eigenvalue weighted by atomic mass is 32.2. The number of nitrogens with one attached hydrogen (secondary N) is 1. The van der Waals surface area contributed by atoms with Gasteiger partial charge in [-0.1, -0.05) is 44.0 Å². The van der Waals surface area contributed by atoms with Crippen molar-refractivity contribution < 1.29 is 18.0 Å². The van der Waals surface area contributed by atoms with Crippen molar-refractivity contribution in [1.82, 2.24) is 9.62 Å². The number of hydrogen-bond acceptors (Lipinski definition) is 5. The van der Waals surface area contributed by atoms with Crippen LogP contribution in [0.5, 0.6) is 0 Å². The molecule has 1 aliphatic heterocycles. The van der Waals surface area contributed by atoms with E-state index in [0.717, 1.165) is 35.2 Å². The van der Waals surface area contributed by atoms with Crippen molar-refractivity contribution in [2.75, 3.05) is 6.54 Å². The van der Waals surface area contributed by atoms with Gasteiger partial charge in [0.05, 0.1) is 11.6 Å². The Bertz CT molecular complexity index is 883. The molecule has 0 aliphatic carbocycles. The van der Waals surface area contributed by atoms with Crippen LogP contribution in [0.15, 0.2) is 30.3 Å². The molecule has 2 amide bonds. The van der Waals surface area contributed by atoms with Gasteiger partial charge < -0.3 is 11.1 Å². The lowest BCUT2D eigenvalue weighted by molar-refractivity contribution is -0.124. The Balaban J connectivity index is 2.06. The maximum Gasteiger partial charge on any atom is 0.268 e. The van der Waals surface area contributed by atoms with Crippen LogP contribution in [0.25, 0.3) is 4.91 Å². The van der Waals surface area contributed by atoms with Gasteiger partial charge in [0.1, 0.15) is 4.91 Å². The quantitative estimate of drug-likeness (QED) is 0.625. The summed E-state index contributed by atoms with van der Waals surface area (Å²) >= 11 is 0. The van der Waals surface area contributed by atoms with Crippen molar-refractivity contribution in [3.8, 4) is 0 Å². The minimum absolute atomic E-state index is 0.0121. The van der Waals surface area contributed by atoms with E-state index in [1.165, 1.54) is 0 Å². The molecule has 0 saturated heterocycles. The van der Waals surface area contributed by atoms with E-state index in [9.17, 15) is 18.0 Å². The molecule has 0 aromatic heterocycles. The first-order chi connectivity index (χ1) is 13.5. The molecule has 8 heteroatoms. The third-order valence-electron chi connectivity index (χ3n) is 4.69. The molecular formula is C21H31N3O4S. The lowest BCUT2D eigenvalue weighted by Crippen LogP contribution is -2.45. The van der Waals surface area contributed by atoms with Crippen molar-refractivity contribution in [2.45, 2.75) is 65.0 Å². The number of carbonyl (C=O) groups excluding carboxylic acids is 2. The summed E-state index contributed by atoms with van der Waals surface area (Å²) in [5, 5.41) is 2.83. The van der Waals surface area contributed by atoms with Crippen molar-refractivity contribution >= 4 is 26.7 Å². The molecule has 2 rings (SSSR count). The largest absolute Gasteiger partial charge is 0.355 e. The number of amides is 2. The van der Waals surface area contributed by atoms with Gasteiger partial charge in [0.15, 0.2) is 0 Å². The number of carbonyl (C=O) groups is 2. The van der Waals surface area contributed by atoms with E-state index in [2.05, 4.69) is 12.2 Å². The van der Waals surface area contributed by atoms with Crippen LogP contribution in [0, 0.1) is 0 Å². The number of nitrogens with zero attached hydrogens (tertiary/aromatic N) is 1. The predicted molar refractivity (Wildman–Crippen MR) is 114 cm³/mol. The first-order valence-corrected chi connectivity index (χ1v) is 11.4. The summed E-state index contributed by atoms with van der Waals surface area (Å²) in [5.74, 6) is -0.740. The van der Waals surface area contributed by atoms with E-state index in [-0.39, 0.29) is 10.8 Å². The molecule has 0 unspecified atom stereocenters. The summed E-state index contributed by atoms with van der Waals surface area (Å²) in [6, 6.07) is 6.09. The number of nitrogens with two attached hydrogens (primary N) is 1. The summed E-state index contributed by atoms with van der Waals surface area (Å²) in [7, 11) is -3.90. The fourth-order valence-corrected chi connectivity index (χ4v) is 5.15. The van der Waals surface area contributed by atoms with Gasteiger partial charge in [-0.2, -0.15) is 0 Å². The van der Waals surface area contributed by atoms with Gasteiger partial charge in [0.2, 0.25) is 5.91 Å².